The number of nitrogens with two attached hydrogens (primary N) is 1. The number of carbonyl (C=O) groups excluding carboxylic acids is 12. The van der Waals surface area contributed by atoms with Crippen molar-refractivity contribution in [2.45, 2.75) is 213 Å². The number of ether oxygens (including phenoxy) is 1. The van der Waals surface area contributed by atoms with Gasteiger partial charge < -0.3 is 79.2 Å². The number of hydrogen-bond donors (Lipinski definition) is 14. The first-order chi connectivity index (χ1) is 40.2. The van der Waals surface area contributed by atoms with Gasteiger partial charge in [-0.3, -0.25) is 52.7 Å². The Labute approximate surface area is 498 Å². The lowest BCUT2D eigenvalue weighted by Gasteiger charge is -2.31. The second-order valence-corrected chi connectivity index (χ2v) is 22.1. The zero-order valence-corrected chi connectivity index (χ0v) is 51.4. The fourth-order valence-electron chi connectivity index (χ4n) is 9.01. The van der Waals surface area contributed by atoms with Crippen LogP contribution in [0.25, 0.3) is 0 Å². The van der Waals surface area contributed by atoms with Crippen LogP contribution in [-0.4, -0.2) is 174 Å². The Morgan fingerprint density at radius 1 is 0.588 bits per heavy atom. The predicted molar refractivity (Wildman–Crippen MR) is 313 cm³/mol. The van der Waals surface area contributed by atoms with Gasteiger partial charge in [0.05, 0.1) is 19.3 Å². The van der Waals surface area contributed by atoms with E-state index in [1.807, 2.05) is 37.3 Å². The van der Waals surface area contributed by atoms with Crippen molar-refractivity contribution in [1.29, 1.82) is 0 Å². The van der Waals surface area contributed by atoms with Crippen LogP contribution in [-0.2, 0) is 68.7 Å². The topological polar surface area (TPSA) is 413 Å². The molecule has 0 aromatic heterocycles. The standard InChI is InChI=1S/C58H96N12O15/c1-13-18-24-37-49(75)69-46(33(9)17-5)58(84)85-35(11)47(57(83)61-34(10)48(74)62-37)70-53(79)41(29-72)65-55(81)44(31(7)15-3)68-56(82)45(32(8)16-4)66-50(76)38(25-26-42(59)73)63-52(78)40(28-71)64-54(80)43(30(6)14-2)67-51(77)39(60-12)27-36-22-20-19-21-23-36/h19-23,30-35,37-41,43-47,60,71-72H,13-18,24-29H2,1-12H3,(H2,59,73)(H,61,83)(H,62,74)(H,63,78)(H,64,80)(H,65,81)(H,66,76)(H,67,77)(H,68,82)(H,69,75)(H,70,79)/t30-,31-,32+,33-,34-,35-,37-,38+,39+,40-,41-,43-,44-,45+,46-,47+/m0/s1. The van der Waals surface area contributed by atoms with Crippen LogP contribution in [0.5, 0.6) is 0 Å². The molecule has 11 amide bonds. The number of nitrogens with one attached hydrogen (secondary N) is 11. The van der Waals surface area contributed by atoms with Gasteiger partial charge >= 0.3 is 5.97 Å². The SMILES string of the molecule is CCCC[C@@H]1NC(=O)[C@H](C)NC(=O)[C@H](NC(=O)[C@H](CO)NC(=O)[C@@H](NC(=O)[C@H](NC(=O)[C@@H](CCC(N)=O)NC(=O)[C@H](CO)NC(=O)[C@@H](NC(=O)[C@@H](Cc2ccccc2)NC)[C@@H](C)CC)[C@H](C)CC)[C@@H](C)CC)[C@H](C)OC(=O)[C@H]([C@@H](C)CC)NC1=O. The molecular weight excluding hydrogens is 1100 g/mol. The molecule has 2 rings (SSSR count). The lowest BCUT2D eigenvalue weighted by Crippen LogP contribution is -2.63. The molecule has 1 fully saturated rings. The lowest BCUT2D eigenvalue weighted by molar-refractivity contribution is -0.157. The van der Waals surface area contributed by atoms with E-state index in [0.29, 0.717) is 32.1 Å². The molecule has 478 valence electrons. The molecule has 0 unspecified atom stereocenters. The van der Waals surface area contributed by atoms with Crippen LogP contribution in [0.2, 0.25) is 0 Å². The lowest BCUT2D eigenvalue weighted by atomic mass is 9.94. The molecule has 0 spiro atoms. The molecule has 1 aliphatic heterocycles. The molecule has 1 aromatic carbocycles. The molecule has 15 N–H and O–H groups in total. The largest absolute Gasteiger partial charge is 0.458 e. The molecule has 0 saturated carbocycles. The Morgan fingerprint density at radius 3 is 1.53 bits per heavy atom. The van der Waals surface area contributed by atoms with E-state index < -0.39 is 193 Å². The van der Waals surface area contributed by atoms with E-state index in [-0.39, 0.29) is 19.3 Å². The van der Waals surface area contributed by atoms with Crippen molar-refractivity contribution >= 4 is 70.9 Å². The molecule has 85 heavy (non-hydrogen) atoms. The van der Waals surface area contributed by atoms with Crippen molar-refractivity contribution in [2.24, 2.45) is 29.4 Å². The van der Waals surface area contributed by atoms with Gasteiger partial charge in [-0.1, -0.05) is 131 Å². The van der Waals surface area contributed by atoms with E-state index in [9.17, 15) is 67.7 Å². The number of cyclic esters (lactones) is 1. The highest BCUT2D eigenvalue weighted by Gasteiger charge is 2.41. The van der Waals surface area contributed by atoms with E-state index >= 15 is 0 Å². The number of hydrogen-bond acceptors (Lipinski definition) is 16. The molecule has 1 aliphatic rings. The Kier molecular flexibility index (Phi) is 32.3. The fraction of sp³-hybridized carbons (Fsp3) is 0.690. The Hall–Kier alpha value is -7.26. The van der Waals surface area contributed by atoms with E-state index in [1.54, 1.807) is 62.4 Å². The van der Waals surface area contributed by atoms with Crippen LogP contribution >= 0.6 is 0 Å². The summed E-state index contributed by atoms with van der Waals surface area (Å²) < 4.78 is 5.71. The summed E-state index contributed by atoms with van der Waals surface area (Å²) in [5.41, 5.74) is 6.31. The number of aliphatic hydroxyl groups excluding tert-OH is 2. The Bertz CT molecular complexity index is 2420. The van der Waals surface area contributed by atoms with Gasteiger partial charge in [0.1, 0.15) is 66.5 Å². The summed E-state index contributed by atoms with van der Waals surface area (Å²) in [4.78, 5) is 165. The third-order valence-corrected chi connectivity index (χ3v) is 15.6. The molecule has 0 bridgehead atoms. The molecule has 1 aromatic rings. The Balaban J connectivity index is 2.40. The number of unbranched alkanes of at least 4 members (excludes halogenated alkanes) is 1. The van der Waals surface area contributed by atoms with Crippen molar-refractivity contribution in [3.63, 3.8) is 0 Å². The number of rotatable bonds is 33. The minimum absolute atomic E-state index is 0.232. The minimum Gasteiger partial charge on any atom is -0.458 e. The summed E-state index contributed by atoms with van der Waals surface area (Å²) in [6.45, 7) is 16.2. The summed E-state index contributed by atoms with van der Waals surface area (Å²) in [7, 11) is 1.60. The third-order valence-electron chi connectivity index (χ3n) is 15.6. The molecule has 27 heteroatoms. The first kappa shape index (κ1) is 73.8. The number of likely N-dealkylation sites (N-methyl/N-ethyl adjacent to an activating group) is 1. The molecule has 1 saturated heterocycles. The maximum absolute atomic E-state index is 14.4. The highest BCUT2D eigenvalue weighted by atomic mass is 16.5. The average Bonchev–Trinajstić information content (AvgIpc) is 3.84. The third kappa shape index (κ3) is 23.3. The highest BCUT2D eigenvalue weighted by Crippen LogP contribution is 2.17. The predicted octanol–water partition coefficient (Wildman–Crippen LogP) is -1.75. The van der Waals surface area contributed by atoms with Crippen LogP contribution in [0, 0.1) is 23.7 Å². The van der Waals surface area contributed by atoms with Gasteiger partial charge in [0.2, 0.25) is 65.0 Å². The smallest absolute Gasteiger partial charge is 0.329 e. The van der Waals surface area contributed by atoms with Gasteiger partial charge in [-0.2, -0.15) is 0 Å². The van der Waals surface area contributed by atoms with Crippen LogP contribution in [0.4, 0.5) is 0 Å². The second kappa shape index (κ2) is 37.2. The van der Waals surface area contributed by atoms with E-state index in [2.05, 4.69) is 58.5 Å². The minimum atomic E-state index is -1.80. The second-order valence-electron chi connectivity index (χ2n) is 22.1. The van der Waals surface area contributed by atoms with Crippen molar-refractivity contribution in [2.75, 3.05) is 20.3 Å². The van der Waals surface area contributed by atoms with Gasteiger partial charge in [0, 0.05) is 6.42 Å². The first-order valence-electron chi connectivity index (χ1n) is 29.6. The number of esters is 1. The van der Waals surface area contributed by atoms with Crippen LogP contribution in [0.15, 0.2) is 30.3 Å². The zero-order chi connectivity index (χ0) is 64.2. The summed E-state index contributed by atoms with van der Waals surface area (Å²) in [5.74, 6) is -12.8. The molecule has 1 heterocycles. The van der Waals surface area contributed by atoms with Crippen molar-refractivity contribution in [3.8, 4) is 0 Å². The highest BCUT2D eigenvalue weighted by molar-refractivity contribution is 5.99. The van der Waals surface area contributed by atoms with Gasteiger partial charge in [0.15, 0.2) is 0 Å². The van der Waals surface area contributed by atoms with Gasteiger partial charge in [0.25, 0.3) is 0 Å². The van der Waals surface area contributed by atoms with E-state index in [1.165, 1.54) is 13.8 Å². The van der Waals surface area contributed by atoms with Gasteiger partial charge in [-0.05, 0) is 69.4 Å². The van der Waals surface area contributed by atoms with Crippen LogP contribution < -0.4 is 64.2 Å². The summed E-state index contributed by atoms with van der Waals surface area (Å²) in [6, 6.07) is -5.93. The Morgan fingerprint density at radius 2 is 1.06 bits per heavy atom. The monoisotopic (exact) mass is 1200 g/mol. The van der Waals surface area contributed by atoms with Crippen molar-refractivity contribution < 1.29 is 72.5 Å². The van der Waals surface area contributed by atoms with E-state index in [0.717, 1.165) is 5.56 Å². The maximum atomic E-state index is 14.4. The normalized spacial score (nSPS) is 21.5. The number of amides is 11. The van der Waals surface area contributed by atoms with Crippen LogP contribution in [0.3, 0.4) is 0 Å². The molecule has 0 aliphatic carbocycles. The number of aliphatic hydroxyl groups is 2. The molecule has 0 radical (unpaired) electrons. The first-order valence-corrected chi connectivity index (χ1v) is 29.6. The molecule has 16 atom stereocenters. The average molecular weight is 1200 g/mol. The van der Waals surface area contributed by atoms with Gasteiger partial charge in [-0.15, -0.1) is 0 Å². The van der Waals surface area contributed by atoms with Crippen molar-refractivity contribution in [3.05, 3.63) is 35.9 Å². The summed E-state index contributed by atoms with van der Waals surface area (Å²) in [6.07, 6.45) is 0.854. The summed E-state index contributed by atoms with van der Waals surface area (Å²) >= 11 is 0. The summed E-state index contributed by atoms with van der Waals surface area (Å²) in [5, 5.41) is 49.4. The fourth-order valence-corrected chi connectivity index (χ4v) is 9.01. The maximum Gasteiger partial charge on any atom is 0.329 e. The van der Waals surface area contributed by atoms with Gasteiger partial charge in [-0.25, -0.2) is 4.79 Å². The quantitative estimate of drug-likeness (QED) is 0.0347. The number of primary amides is 1. The van der Waals surface area contributed by atoms with Crippen molar-refractivity contribution in [1.82, 2.24) is 58.5 Å². The number of benzene rings is 1. The molecular formula is C58H96N12O15. The zero-order valence-electron chi connectivity index (χ0n) is 51.4. The van der Waals surface area contributed by atoms with Crippen LogP contribution in [0.1, 0.15) is 140 Å². The number of carbonyl (C=O) groups is 12. The van der Waals surface area contributed by atoms with E-state index in [4.69, 9.17) is 10.5 Å². The molecule has 27 nitrogen and oxygen atoms in total.